The summed E-state index contributed by atoms with van der Waals surface area (Å²) < 4.78 is 27.4. The first-order valence-electron chi connectivity index (χ1n) is 8.87. The van der Waals surface area contributed by atoms with Gasteiger partial charge in [-0.2, -0.15) is 9.40 Å². The molecular weight excluding hydrogens is 376 g/mol. The summed E-state index contributed by atoms with van der Waals surface area (Å²) >= 11 is 0. The van der Waals surface area contributed by atoms with Crippen molar-refractivity contribution in [2.45, 2.75) is 31.8 Å². The number of H-pyrrole nitrogens is 1. The molecule has 0 saturated heterocycles. The minimum atomic E-state index is -3.64. The van der Waals surface area contributed by atoms with E-state index in [0.29, 0.717) is 33.1 Å². The third-order valence-electron chi connectivity index (χ3n) is 4.95. The first kappa shape index (κ1) is 18.4. The molecule has 144 valence electrons. The fourth-order valence-corrected chi connectivity index (χ4v) is 4.97. The van der Waals surface area contributed by atoms with Gasteiger partial charge in [0, 0.05) is 17.7 Å². The van der Waals surface area contributed by atoms with Crippen molar-refractivity contribution in [1.29, 1.82) is 0 Å². The highest BCUT2D eigenvalue weighted by Crippen LogP contribution is 2.32. The van der Waals surface area contributed by atoms with Gasteiger partial charge in [0.25, 0.3) is 5.91 Å². The summed E-state index contributed by atoms with van der Waals surface area (Å²) in [4.78, 5) is 12.9. The Morgan fingerprint density at radius 3 is 2.43 bits per heavy atom. The fourth-order valence-electron chi connectivity index (χ4n) is 3.37. The molecule has 0 unspecified atom stereocenters. The number of hydrogen-bond acceptors (Lipinski definition) is 4. The lowest BCUT2D eigenvalue weighted by molar-refractivity contribution is 0.102. The van der Waals surface area contributed by atoms with Gasteiger partial charge in [-0.3, -0.25) is 9.89 Å². The zero-order chi connectivity index (χ0) is 19.9. The van der Waals surface area contributed by atoms with Crippen molar-refractivity contribution in [3.8, 4) is 0 Å². The molecule has 0 atom stereocenters. The lowest BCUT2D eigenvalue weighted by Gasteiger charge is -2.17. The van der Waals surface area contributed by atoms with Crippen LogP contribution in [0.5, 0.6) is 0 Å². The lowest BCUT2D eigenvalue weighted by Crippen LogP contribution is -2.27. The molecule has 2 aromatic carbocycles. The van der Waals surface area contributed by atoms with E-state index in [4.69, 9.17) is 0 Å². The van der Waals surface area contributed by atoms with E-state index in [0.717, 1.165) is 5.56 Å². The van der Waals surface area contributed by atoms with Crippen molar-refractivity contribution in [3.05, 3.63) is 76.5 Å². The number of carbonyl (C=O) groups excluding carboxylic acids is 1. The molecule has 0 fully saturated rings. The minimum absolute atomic E-state index is 0.159. The van der Waals surface area contributed by atoms with E-state index in [1.54, 1.807) is 37.3 Å². The lowest BCUT2D eigenvalue weighted by atomic mass is 10.1. The van der Waals surface area contributed by atoms with Crippen LogP contribution in [0.4, 0.5) is 5.82 Å². The third kappa shape index (κ3) is 3.10. The molecule has 7 nitrogen and oxygen atoms in total. The molecule has 2 heterocycles. The van der Waals surface area contributed by atoms with Crippen molar-refractivity contribution in [2.24, 2.45) is 0 Å². The van der Waals surface area contributed by atoms with E-state index in [-0.39, 0.29) is 19.0 Å². The Morgan fingerprint density at radius 2 is 1.71 bits per heavy atom. The Labute approximate surface area is 163 Å². The average Bonchev–Trinajstić information content (AvgIpc) is 3.25. The average molecular weight is 396 g/mol. The second-order valence-electron chi connectivity index (χ2n) is 6.84. The fraction of sp³-hybridized carbons (Fsp3) is 0.200. The van der Waals surface area contributed by atoms with Gasteiger partial charge in [-0.15, -0.1) is 0 Å². The van der Waals surface area contributed by atoms with Crippen LogP contribution in [-0.4, -0.2) is 28.8 Å². The Balaban J connectivity index is 1.58. The number of fused-ring (bicyclic) bond motifs is 1. The maximum atomic E-state index is 13.0. The van der Waals surface area contributed by atoms with E-state index < -0.39 is 10.0 Å². The Kier molecular flexibility index (Phi) is 4.52. The summed E-state index contributed by atoms with van der Waals surface area (Å²) in [7, 11) is -3.64. The van der Waals surface area contributed by atoms with Crippen LogP contribution in [0.1, 0.15) is 32.7 Å². The molecule has 1 amide bonds. The largest absolute Gasteiger partial charge is 0.305 e. The molecule has 0 radical (unpaired) electrons. The molecule has 1 aromatic heterocycles. The molecule has 8 heteroatoms. The van der Waals surface area contributed by atoms with Gasteiger partial charge < -0.3 is 5.32 Å². The van der Waals surface area contributed by atoms with Crippen LogP contribution < -0.4 is 5.32 Å². The van der Waals surface area contributed by atoms with Crippen molar-refractivity contribution < 1.29 is 13.2 Å². The molecule has 3 aromatic rings. The number of rotatable bonds is 4. The summed E-state index contributed by atoms with van der Waals surface area (Å²) in [5.74, 6) is 0.0957. The Morgan fingerprint density at radius 1 is 1.04 bits per heavy atom. The number of sulfonamides is 1. The summed E-state index contributed by atoms with van der Waals surface area (Å²) in [6.07, 6.45) is 0. The number of anilines is 1. The van der Waals surface area contributed by atoms with Crippen LogP contribution >= 0.6 is 0 Å². The van der Waals surface area contributed by atoms with Crippen LogP contribution in [0, 0.1) is 13.8 Å². The van der Waals surface area contributed by atoms with E-state index >= 15 is 0 Å². The quantitative estimate of drug-likeness (QED) is 0.709. The van der Waals surface area contributed by atoms with Crippen molar-refractivity contribution in [3.63, 3.8) is 0 Å². The molecule has 1 aliphatic heterocycles. The molecule has 4 rings (SSSR count). The highest BCUT2D eigenvalue weighted by molar-refractivity contribution is 7.89. The number of carbonyl (C=O) groups is 1. The summed E-state index contributed by atoms with van der Waals surface area (Å²) in [5, 5.41) is 9.82. The number of nitrogens with zero attached hydrogens (tertiary/aromatic N) is 2. The number of benzene rings is 2. The van der Waals surface area contributed by atoms with Gasteiger partial charge in [-0.05, 0) is 37.1 Å². The number of aromatic amines is 1. The molecule has 1 aliphatic rings. The SMILES string of the molecule is Cc1ccccc1C(=O)Nc1n[nH]c2c1CN(S(=O)(=O)c1ccccc1C)C2. The van der Waals surface area contributed by atoms with Gasteiger partial charge in [-0.1, -0.05) is 36.4 Å². The van der Waals surface area contributed by atoms with Crippen LogP contribution in [0.25, 0.3) is 0 Å². The molecular formula is C20H20N4O3S. The maximum absolute atomic E-state index is 13.0. The van der Waals surface area contributed by atoms with Gasteiger partial charge >= 0.3 is 0 Å². The molecule has 0 spiro atoms. The van der Waals surface area contributed by atoms with Gasteiger partial charge in [-0.25, -0.2) is 8.42 Å². The number of amides is 1. The first-order chi connectivity index (χ1) is 13.4. The van der Waals surface area contributed by atoms with E-state index in [2.05, 4.69) is 15.5 Å². The summed E-state index contributed by atoms with van der Waals surface area (Å²) in [6, 6.07) is 14.2. The molecule has 0 aliphatic carbocycles. The van der Waals surface area contributed by atoms with Crippen molar-refractivity contribution in [2.75, 3.05) is 5.32 Å². The van der Waals surface area contributed by atoms with E-state index in [1.807, 2.05) is 25.1 Å². The van der Waals surface area contributed by atoms with Crippen LogP contribution in [0.3, 0.4) is 0 Å². The Hall–Kier alpha value is -2.97. The number of hydrogen-bond donors (Lipinski definition) is 2. The van der Waals surface area contributed by atoms with E-state index in [1.165, 1.54) is 4.31 Å². The normalized spacial score (nSPS) is 14.1. The molecule has 2 N–H and O–H groups in total. The standard InChI is InChI=1S/C20H20N4O3S/c1-13-7-3-5-9-15(13)20(25)21-19-16-11-24(12-17(16)22-23-19)28(26,27)18-10-6-4-8-14(18)2/h3-10H,11-12H2,1-2H3,(H2,21,22,23,25). The highest BCUT2D eigenvalue weighted by atomic mass is 32.2. The monoisotopic (exact) mass is 396 g/mol. The summed E-state index contributed by atoms with van der Waals surface area (Å²) in [5.41, 5.74) is 3.50. The minimum Gasteiger partial charge on any atom is -0.305 e. The summed E-state index contributed by atoms with van der Waals surface area (Å²) in [6.45, 7) is 3.99. The van der Waals surface area contributed by atoms with Gasteiger partial charge in [0.1, 0.15) is 0 Å². The third-order valence-corrected chi connectivity index (χ3v) is 6.91. The van der Waals surface area contributed by atoms with Crippen molar-refractivity contribution >= 4 is 21.7 Å². The predicted molar refractivity (Wildman–Crippen MR) is 105 cm³/mol. The smallest absolute Gasteiger partial charge is 0.257 e. The molecule has 28 heavy (non-hydrogen) atoms. The van der Waals surface area contributed by atoms with Gasteiger partial charge in [0.2, 0.25) is 10.0 Å². The van der Waals surface area contributed by atoms with Crippen LogP contribution in [0.15, 0.2) is 53.4 Å². The number of aromatic nitrogens is 2. The zero-order valence-electron chi connectivity index (χ0n) is 15.6. The Bertz CT molecular complexity index is 1170. The maximum Gasteiger partial charge on any atom is 0.257 e. The first-order valence-corrected chi connectivity index (χ1v) is 10.3. The van der Waals surface area contributed by atoms with Gasteiger partial charge in [0.05, 0.1) is 17.1 Å². The second kappa shape index (κ2) is 6.88. The van der Waals surface area contributed by atoms with Gasteiger partial charge in [0.15, 0.2) is 5.82 Å². The molecule has 0 bridgehead atoms. The van der Waals surface area contributed by atoms with E-state index in [9.17, 15) is 13.2 Å². The topological polar surface area (TPSA) is 95.2 Å². The van der Waals surface area contributed by atoms with Crippen LogP contribution in [-0.2, 0) is 23.1 Å². The number of aryl methyl sites for hydroxylation is 2. The van der Waals surface area contributed by atoms with Crippen molar-refractivity contribution in [1.82, 2.24) is 14.5 Å². The highest BCUT2D eigenvalue weighted by Gasteiger charge is 2.34. The number of nitrogens with one attached hydrogen (secondary N) is 2. The zero-order valence-corrected chi connectivity index (χ0v) is 16.4. The second-order valence-corrected chi connectivity index (χ2v) is 8.74. The van der Waals surface area contributed by atoms with Crippen LogP contribution in [0.2, 0.25) is 0 Å². The predicted octanol–water partition coefficient (Wildman–Crippen LogP) is 2.98. The molecule has 0 saturated carbocycles.